The second kappa shape index (κ2) is 8.88. The maximum Gasteiger partial charge on any atom is 0.573 e. The fraction of sp³-hybridized carbons (Fsp3) is 0.611. The number of hydrogen-bond donors (Lipinski definition) is 0. The zero-order valence-corrected chi connectivity index (χ0v) is 16.7. The zero-order chi connectivity index (χ0) is 21.1. The number of piperidine rings is 1. The van der Waals surface area contributed by atoms with E-state index in [2.05, 4.69) is 4.74 Å². The van der Waals surface area contributed by atoms with Crippen LogP contribution in [-0.4, -0.2) is 80.6 Å². The second-order valence-electron chi connectivity index (χ2n) is 7.14. The van der Waals surface area contributed by atoms with Crippen molar-refractivity contribution in [3.05, 3.63) is 24.3 Å². The van der Waals surface area contributed by atoms with Crippen LogP contribution in [0.4, 0.5) is 13.2 Å². The van der Waals surface area contributed by atoms with Gasteiger partial charge in [-0.05, 0) is 43.5 Å². The normalized spacial score (nSPS) is 19.9. The molecule has 1 aromatic rings. The van der Waals surface area contributed by atoms with Gasteiger partial charge in [-0.25, -0.2) is 8.42 Å². The highest BCUT2D eigenvalue weighted by atomic mass is 32.2. The van der Waals surface area contributed by atoms with Gasteiger partial charge in [-0.15, -0.1) is 13.2 Å². The molecule has 0 N–H and O–H groups in total. The monoisotopic (exact) mass is 435 g/mol. The number of carbonyl (C=O) groups is 1. The number of carbonyl (C=O) groups excluding carboxylic acids is 1. The summed E-state index contributed by atoms with van der Waals surface area (Å²) in [5.41, 5.74) is 0. The fourth-order valence-corrected chi connectivity index (χ4v) is 4.95. The fourth-order valence-electron chi connectivity index (χ4n) is 3.52. The molecule has 0 bridgehead atoms. The lowest BCUT2D eigenvalue weighted by Gasteiger charge is -2.35. The highest BCUT2D eigenvalue weighted by molar-refractivity contribution is 7.89. The molecule has 2 heterocycles. The van der Waals surface area contributed by atoms with Crippen molar-refractivity contribution >= 4 is 15.9 Å². The van der Waals surface area contributed by atoms with Gasteiger partial charge in [0.15, 0.2) is 0 Å². The van der Waals surface area contributed by atoms with Crippen LogP contribution in [0.25, 0.3) is 0 Å². The van der Waals surface area contributed by atoms with Crippen LogP contribution in [0.5, 0.6) is 5.75 Å². The third-order valence-electron chi connectivity index (χ3n) is 5.09. The van der Waals surface area contributed by atoms with Crippen molar-refractivity contribution in [2.24, 2.45) is 0 Å². The average molecular weight is 435 g/mol. The molecule has 7 nitrogen and oxygen atoms in total. The van der Waals surface area contributed by atoms with Gasteiger partial charge < -0.3 is 9.64 Å². The van der Waals surface area contributed by atoms with Gasteiger partial charge in [-0.2, -0.15) is 4.31 Å². The van der Waals surface area contributed by atoms with Crippen LogP contribution in [0.3, 0.4) is 0 Å². The predicted molar refractivity (Wildman–Crippen MR) is 98.8 cm³/mol. The van der Waals surface area contributed by atoms with Gasteiger partial charge in [-0.1, -0.05) is 0 Å². The minimum atomic E-state index is -4.83. The minimum absolute atomic E-state index is 0.0706. The van der Waals surface area contributed by atoms with E-state index in [4.69, 9.17) is 0 Å². The lowest BCUT2D eigenvalue weighted by molar-refractivity contribution is -0.274. The smallest absolute Gasteiger partial charge is 0.406 e. The van der Waals surface area contributed by atoms with Gasteiger partial charge in [0.05, 0.1) is 11.4 Å². The van der Waals surface area contributed by atoms with Gasteiger partial charge in [-0.3, -0.25) is 9.69 Å². The Morgan fingerprint density at radius 3 is 2.07 bits per heavy atom. The molecule has 0 radical (unpaired) electrons. The van der Waals surface area contributed by atoms with Gasteiger partial charge in [0.1, 0.15) is 5.75 Å². The highest BCUT2D eigenvalue weighted by Gasteiger charge is 2.32. The molecule has 0 aromatic heterocycles. The van der Waals surface area contributed by atoms with Gasteiger partial charge in [0, 0.05) is 39.3 Å². The molecule has 2 fully saturated rings. The molecule has 1 aromatic carbocycles. The standard InChI is InChI=1S/C18H24F3N3O4S/c19-18(20,21)28-15-4-6-16(7-5-15)29(26,27)24-12-10-22(11-13-24)14-17(25)23-8-2-1-3-9-23/h4-7H,1-3,8-14H2. The first-order chi connectivity index (χ1) is 13.6. The van der Waals surface area contributed by atoms with E-state index in [0.29, 0.717) is 13.1 Å². The Hall–Kier alpha value is -1.85. The number of nitrogens with zero attached hydrogens (tertiary/aromatic N) is 3. The quantitative estimate of drug-likeness (QED) is 0.707. The van der Waals surface area contributed by atoms with Crippen LogP contribution in [0.2, 0.25) is 0 Å². The van der Waals surface area contributed by atoms with Crippen LogP contribution in [0, 0.1) is 0 Å². The second-order valence-corrected chi connectivity index (χ2v) is 9.08. The molecule has 0 saturated carbocycles. The van der Waals surface area contributed by atoms with Crippen LogP contribution in [0.1, 0.15) is 19.3 Å². The van der Waals surface area contributed by atoms with Crippen molar-refractivity contribution in [3.8, 4) is 5.75 Å². The first-order valence-electron chi connectivity index (χ1n) is 9.51. The number of likely N-dealkylation sites (tertiary alicyclic amines) is 1. The summed E-state index contributed by atoms with van der Waals surface area (Å²) in [5, 5.41) is 0. The summed E-state index contributed by atoms with van der Waals surface area (Å²) >= 11 is 0. The molecule has 2 aliphatic heterocycles. The van der Waals surface area contributed by atoms with Crippen LogP contribution < -0.4 is 4.74 Å². The summed E-state index contributed by atoms with van der Waals surface area (Å²) in [4.78, 5) is 16.1. The first-order valence-corrected chi connectivity index (χ1v) is 11.0. The summed E-state index contributed by atoms with van der Waals surface area (Å²) in [6.07, 6.45) is -1.65. The molecule has 3 rings (SSSR count). The molecular formula is C18H24F3N3O4S. The Bertz CT molecular complexity index is 801. The molecule has 29 heavy (non-hydrogen) atoms. The van der Waals surface area contributed by atoms with Crippen LogP contribution in [-0.2, 0) is 14.8 Å². The molecule has 1 amide bonds. The number of ether oxygens (including phenoxy) is 1. The van der Waals surface area contributed by atoms with Crippen molar-refractivity contribution in [2.45, 2.75) is 30.5 Å². The molecule has 2 saturated heterocycles. The Labute approximate surface area is 168 Å². The molecule has 0 aliphatic carbocycles. The van der Waals surface area contributed by atoms with E-state index in [0.717, 1.165) is 56.6 Å². The maximum atomic E-state index is 12.7. The Balaban J connectivity index is 1.54. The topological polar surface area (TPSA) is 70.2 Å². The summed E-state index contributed by atoms with van der Waals surface area (Å²) in [7, 11) is -3.82. The first kappa shape index (κ1) is 21.8. The van der Waals surface area contributed by atoms with Crippen LogP contribution in [0.15, 0.2) is 29.2 Å². The van der Waals surface area contributed by atoms with E-state index in [1.165, 1.54) is 4.31 Å². The Morgan fingerprint density at radius 2 is 1.52 bits per heavy atom. The number of sulfonamides is 1. The van der Waals surface area contributed by atoms with Crippen molar-refractivity contribution in [2.75, 3.05) is 45.8 Å². The third-order valence-corrected chi connectivity index (χ3v) is 7.01. The third kappa shape index (κ3) is 5.83. The van der Waals surface area contributed by atoms with E-state index in [9.17, 15) is 26.4 Å². The van der Waals surface area contributed by atoms with Crippen molar-refractivity contribution in [1.29, 1.82) is 0 Å². The Morgan fingerprint density at radius 1 is 0.931 bits per heavy atom. The number of amides is 1. The Kier molecular flexibility index (Phi) is 6.69. The van der Waals surface area contributed by atoms with Crippen LogP contribution >= 0.6 is 0 Å². The van der Waals surface area contributed by atoms with E-state index in [1.54, 1.807) is 0 Å². The molecule has 0 unspecified atom stereocenters. The molecule has 162 valence electrons. The lowest BCUT2D eigenvalue weighted by Crippen LogP contribution is -2.51. The number of rotatable bonds is 5. The van der Waals surface area contributed by atoms with E-state index >= 15 is 0 Å². The maximum absolute atomic E-state index is 12.7. The van der Waals surface area contributed by atoms with Gasteiger partial charge >= 0.3 is 6.36 Å². The largest absolute Gasteiger partial charge is 0.573 e. The number of benzene rings is 1. The van der Waals surface area contributed by atoms with Gasteiger partial charge in [0.25, 0.3) is 0 Å². The van der Waals surface area contributed by atoms with E-state index < -0.39 is 22.1 Å². The molecule has 0 spiro atoms. The summed E-state index contributed by atoms with van der Waals surface area (Å²) in [6, 6.07) is 4.16. The zero-order valence-electron chi connectivity index (χ0n) is 15.9. The van der Waals surface area contributed by atoms with E-state index in [1.807, 2.05) is 9.80 Å². The van der Waals surface area contributed by atoms with Crippen molar-refractivity contribution < 1.29 is 31.1 Å². The number of hydrogen-bond acceptors (Lipinski definition) is 5. The molecule has 0 atom stereocenters. The predicted octanol–water partition coefficient (Wildman–Crippen LogP) is 1.90. The average Bonchev–Trinajstić information content (AvgIpc) is 2.68. The summed E-state index contributed by atoms with van der Waals surface area (Å²) < 4.78 is 67.2. The number of piperazine rings is 1. The van der Waals surface area contributed by atoms with Crippen molar-refractivity contribution in [1.82, 2.24) is 14.1 Å². The molecule has 11 heteroatoms. The highest BCUT2D eigenvalue weighted by Crippen LogP contribution is 2.25. The van der Waals surface area contributed by atoms with E-state index in [-0.39, 0.29) is 30.4 Å². The number of alkyl halides is 3. The minimum Gasteiger partial charge on any atom is -0.406 e. The van der Waals surface area contributed by atoms with Gasteiger partial charge in [0.2, 0.25) is 15.9 Å². The lowest BCUT2D eigenvalue weighted by atomic mass is 10.1. The molecular weight excluding hydrogens is 411 g/mol. The number of halogens is 3. The molecule has 2 aliphatic rings. The van der Waals surface area contributed by atoms with Crippen molar-refractivity contribution in [3.63, 3.8) is 0 Å². The summed E-state index contributed by atoms with van der Waals surface area (Å²) in [5.74, 6) is -0.404. The summed E-state index contributed by atoms with van der Waals surface area (Å²) in [6.45, 7) is 3.12. The SMILES string of the molecule is O=C(CN1CCN(S(=O)(=O)c2ccc(OC(F)(F)F)cc2)CC1)N1CCCCC1.